The van der Waals surface area contributed by atoms with Crippen LogP contribution in [0.1, 0.15) is 19.3 Å². The molecular formula is C31H25N5O3S3. The summed E-state index contributed by atoms with van der Waals surface area (Å²) in [6.07, 6.45) is 2.81. The van der Waals surface area contributed by atoms with Gasteiger partial charge in [-0.15, -0.1) is 21.5 Å². The molecule has 0 amide bonds. The van der Waals surface area contributed by atoms with Crippen LogP contribution in [0, 0.1) is 0 Å². The van der Waals surface area contributed by atoms with Crippen LogP contribution < -0.4 is 0 Å². The molecule has 0 spiro atoms. The summed E-state index contributed by atoms with van der Waals surface area (Å²) in [5, 5.41) is 12.6. The fraction of sp³-hybridized carbons (Fsp3) is 0.161. The lowest BCUT2D eigenvalue weighted by Crippen LogP contribution is -2.35. The third kappa shape index (κ3) is 5.24. The molecule has 3 aromatic heterocycles. The summed E-state index contributed by atoms with van der Waals surface area (Å²) in [5.74, 6) is 0.859. The van der Waals surface area contributed by atoms with E-state index >= 15 is 0 Å². The molecule has 1 aliphatic heterocycles. The van der Waals surface area contributed by atoms with Crippen LogP contribution in [0.3, 0.4) is 0 Å². The number of aromatic nitrogens is 4. The van der Waals surface area contributed by atoms with Gasteiger partial charge in [-0.2, -0.15) is 4.31 Å². The van der Waals surface area contributed by atoms with Crippen LogP contribution in [0.4, 0.5) is 0 Å². The third-order valence-electron chi connectivity index (χ3n) is 7.14. The Bertz CT molecular complexity index is 1970. The molecule has 0 atom stereocenters. The molecule has 8 nitrogen and oxygen atoms in total. The van der Waals surface area contributed by atoms with E-state index < -0.39 is 10.0 Å². The van der Waals surface area contributed by atoms with Gasteiger partial charge in [-0.1, -0.05) is 73.2 Å². The highest BCUT2D eigenvalue weighted by Gasteiger charge is 2.27. The summed E-state index contributed by atoms with van der Waals surface area (Å²) in [6, 6.07) is 26.7. The number of rotatable bonds is 7. The van der Waals surface area contributed by atoms with Gasteiger partial charge in [-0.05, 0) is 48.4 Å². The van der Waals surface area contributed by atoms with Gasteiger partial charge in [0.1, 0.15) is 9.86 Å². The number of hydrogen-bond acceptors (Lipinski definition) is 9. The van der Waals surface area contributed by atoms with Gasteiger partial charge in [0.25, 0.3) is 5.22 Å². The average Bonchev–Trinajstić information content (AvgIpc) is 3.70. The molecule has 0 unspecified atom stereocenters. The van der Waals surface area contributed by atoms with E-state index in [1.54, 1.807) is 39.9 Å². The van der Waals surface area contributed by atoms with Gasteiger partial charge in [0.05, 0.1) is 10.3 Å². The quantitative estimate of drug-likeness (QED) is 0.172. The van der Waals surface area contributed by atoms with Gasteiger partial charge in [-0.3, -0.25) is 0 Å². The maximum absolute atomic E-state index is 13.3. The topological polar surface area (TPSA) is 102 Å². The van der Waals surface area contributed by atoms with Crippen molar-refractivity contribution in [2.75, 3.05) is 13.1 Å². The largest absolute Gasteiger partial charge is 0.411 e. The summed E-state index contributed by atoms with van der Waals surface area (Å²) in [7, 11) is -3.59. The molecule has 7 rings (SSSR count). The lowest BCUT2D eigenvalue weighted by molar-refractivity contribution is 0.346. The lowest BCUT2D eigenvalue weighted by atomic mass is 10.1. The molecule has 210 valence electrons. The predicted octanol–water partition coefficient (Wildman–Crippen LogP) is 7.40. The summed E-state index contributed by atoms with van der Waals surface area (Å²) in [6.45, 7) is 1.08. The van der Waals surface area contributed by atoms with Gasteiger partial charge < -0.3 is 4.42 Å². The van der Waals surface area contributed by atoms with Crippen molar-refractivity contribution in [3.8, 4) is 34.0 Å². The van der Waals surface area contributed by atoms with Crippen molar-refractivity contribution in [1.82, 2.24) is 24.5 Å². The van der Waals surface area contributed by atoms with Crippen LogP contribution in [0.15, 0.2) is 110 Å². The molecule has 0 aliphatic carbocycles. The molecule has 0 saturated carbocycles. The Kier molecular flexibility index (Phi) is 7.32. The van der Waals surface area contributed by atoms with Crippen molar-refractivity contribution in [3.05, 3.63) is 90.3 Å². The summed E-state index contributed by atoms with van der Waals surface area (Å²) >= 11 is 2.84. The number of fused-ring (bicyclic) bond motifs is 1. The maximum atomic E-state index is 13.3. The smallest absolute Gasteiger partial charge is 0.283 e. The number of sulfonamides is 1. The molecule has 0 radical (unpaired) electrons. The minimum atomic E-state index is -3.59. The van der Waals surface area contributed by atoms with E-state index in [0.717, 1.165) is 46.2 Å². The average molecular weight is 612 g/mol. The zero-order chi connectivity index (χ0) is 28.5. The molecule has 0 bridgehead atoms. The first-order valence-electron chi connectivity index (χ1n) is 13.6. The normalized spacial score (nSPS) is 14.4. The fourth-order valence-corrected chi connectivity index (χ4v) is 8.41. The van der Waals surface area contributed by atoms with Gasteiger partial charge in [-0.25, -0.2) is 18.4 Å². The molecule has 1 fully saturated rings. The van der Waals surface area contributed by atoms with E-state index in [4.69, 9.17) is 14.4 Å². The van der Waals surface area contributed by atoms with Gasteiger partial charge in [0.2, 0.25) is 15.9 Å². The highest BCUT2D eigenvalue weighted by Crippen LogP contribution is 2.41. The highest BCUT2D eigenvalue weighted by molar-refractivity contribution is 7.99. The number of thiophene rings is 1. The fourth-order valence-electron chi connectivity index (χ4n) is 5.02. The Balaban J connectivity index is 1.25. The highest BCUT2D eigenvalue weighted by atomic mass is 32.2. The van der Waals surface area contributed by atoms with Crippen LogP contribution >= 0.6 is 23.1 Å². The predicted molar refractivity (Wildman–Crippen MR) is 165 cm³/mol. The van der Waals surface area contributed by atoms with Crippen molar-refractivity contribution >= 4 is 43.3 Å². The Morgan fingerprint density at radius 1 is 0.786 bits per heavy atom. The van der Waals surface area contributed by atoms with E-state index in [1.807, 2.05) is 48.5 Å². The standard InChI is InChI=1S/C31H25N5O3S3/c37-42(38,36-17-8-3-9-18-36)24-16-10-15-23(19-24)28-34-35-31(39-28)41-30-26-25(21-11-4-1-5-12-21)20-40-29(26)32-27(33-30)22-13-6-2-7-14-22/h1-2,4-7,10-16,19-20H,3,8-9,17-18H2. The molecule has 4 heterocycles. The van der Waals surface area contributed by atoms with Crippen molar-refractivity contribution in [1.29, 1.82) is 0 Å². The second-order valence-electron chi connectivity index (χ2n) is 9.88. The van der Waals surface area contributed by atoms with Crippen LogP contribution in [-0.2, 0) is 10.0 Å². The first-order valence-corrected chi connectivity index (χ1v) is 16.7. The monoisotopic (exact) mass is 611 g/mol. The van der Waals surface area contributed by atoms with Crippen LogP contribution in [0.2, 0.25) is 0 Å². The molecular weight excluding hydrogens is 587 g/mol. The SMILES string of the molecule is O=S(=O)(c1cccc(-c2nnc(Sc3nc(-c4ccccc4)nc4scc(-c5ccccc5)c34)o2)c1)N1CCCCC1. The Hall–Kier alpha value is -3.90. The molecule has 11 heteroatoms. The number of piperidine rings is 1. The van der Waals surface area contributed by atoms with Crippen LogP contribution in [-0.4, -0.2) is 46.0 Å². The summed E-state index contributed by atoms with van der Waals surface area (Å²) < 4.78 is 34.1. The zero-order valence-electron chi connectivity index (χ0n) is 22.4. The Morgan fingerprint density at radius 3 is 2.26 bits per heavy atom. The number of hydrogen-bond donors (Lipinski definition) is 0. The van der Waals surface area contributed by atoms with Crippen LogP contribution in [0.5, 0.6) is 0 Å². The Morgan fingerprint density at radius 2 is 1.50 bits per heavy atom. The van der Waals surface area contributed by atoms with Crippen molar-refractivity contribution in [2.45, 2.75) is 34.4 Å². The van der Waals surface area contributed by atoms with Crippen LogP contribution in [0.25, 0.3) is 44.2 Å². The second-order valence-corrected chi connectivity index (χ2v) is 13.6. The van der Waals surface area contributed by atoms with Gasteiger partial charge in [0.15, 0.2) is 5.82 Å². The first kappa shape index (κ1) is 27.0. The lowest BCUT2D eigenvalue weighted by Gasteiger charge is -2.25. The third-order valence-corrected chi connectivity index (χ3v) is 10.7. The van der Waals surface area contributed by atoms with E-state index in [-0.39, 0.29) is 10.8 Å². The molecule has 0 N–H and O–H groups in total. The van der Waals surface area contributed by atoms with Crippen molar-refractivity contribution in [3.63, 3.8) is 0 Å². The Labute approximate surface area is 251 Å². The van der Waals surface area contributed by atoms with Crippen molar-refractivity contribution in [2.24, 2.45) is 0 Å². The number of benzene rings is 3. The first-order chi connectivity index (χ1) is 20.6. The van der Waals surface area contributed by atoms with E-state index in [0.29, 0.717) is 34.7 Å². The van der Waals surface area contributed by atoms with Gasteiger partial charge >= 0.3 is 0 Å². The zero-order valence-corrected chi connectivity index (χ0v) is 24.8. The molecule has 1 saturated heterocycles. The van der Waals surface area contributed by atoms with Crippen molar-refractivity contribution < 1.29 is 12.8 Å². The maximum Gasteiger partial charge on any atom is 0.283 e. The van der Waals surface area contributed by atoms with E-state index in [9.17, 15) is 8.42 Å². The summed E-state index contributed by atoms with van der Waals surface area (Å²) in [4.78, 5) is 10.9. The van der Waals surface area contributed by atoms with E-state index in [2.05, 4.69) is 27.7 Å². The molecule has 3 aromatic carbocycles. The second kappa shape index (κ2) is 11.4. The molecule has 1 aliphatic rings. The summed E-state index contributed by atoms with van der Waals surface area (Å²) in [5.41, 5.74) is 3.56. The van der Waals surface area contributed by atoms with Gasteiger partial charge in [0, 0.05) is 35.2 Å². The van der Waals surface area contributed by atoms with E-state index in [1.165, 1.54) is 11.8 Å². The minimum absolute atomic E-state index is 0.227. The number of nitrogens with zero attached hydrogens (tertiary/aromatic N) is 5. The molecule has 42 heavy (non-hydrogen) atoms. The minimum Gasteiger partial charge on any atom is -0.411 e. The molecule has 6 aromatic rings.